The third-order valence-electron chi connectivity index (χ3n) is 4.45. The Labute approximate surface area is 128 Å². The summed E-state index contributed by atoms with van der Waals surface area (Å²) in [5.74, 6) is 0.624. The largest absolute Gasteiger partial charge is 0.335 e. The molecule has 1 aromatic carbocycles. The van der Waals surface area contributed by atoms with Gasteiger partial charge in [-0.25, -0.2) is 0 Å². The molecule has 0 aromatic heterocycles. The van der Waals surface area contributed by atoms with Gasteiger partial charge in [0.25, 0.3) is 0 Å². The van der Waals surface area contributed by atoms with E-state index in [4.69, 9.17) is 5.73 Å². The molecule has 2 unspecified atom stereocenters. The Balaban J connectivity index is 2.08. The summed E-state index contributed by atoms with van der Waals surface area (Å²) in [5, 5.41) is 0. The molecule has 2 atom stereocenters. The van der Waals surface area contributed by atoms with Crippen LogP contribution in [0.25, 0.3) is 0 Å². The number of hydrogen-bond acceptors (Lipinski definition) is 2. The van der Waals surface area contributed by atoms with Crippen LogP contribution < -0.4 is 5.73 Å². The first-order valence-electron chi connectivity index (χ1n) is 8.05. The summed E-state index contributed by atoms with van der Waals surface area (Å²) in [6.45, 7) is 8.94. The Hall–Kier alpha value is -1.35. The lowest BCUT2D eigenvalue weighted by Crippen LogP contribution is -2.42. The standard InChI is InChI=1S/C18H28N2O/c1-12(2)16-7-5-15(6-8-16)11-20(17-9-10-17)18(21)13(3)14(4)19/h5-8,12-14,17H,9-11,19H2,1-4H3. The zero-order chi connectivity index (χ0) is 15.6. The molecular weight excluding hydrogens is 260 g/mol. The normalized spacial score (nSPS) is 17.6. The van der Waals surface area contributed by atoms with Crippen molar-refractivity contribution in [3.8, 4) is 0 Å². The molecule has 0 radical (unpaired) electrons. The van der Waals surface area contributed by atoms with Crippen LogP contribution in [0, 0.1) is 5.92 Å². The van der Waals surface area contributed by atoms with Gasteiger partial charge in [0.2, 0.25) is 5.91 Å². The van der Waals surface area contributed by atoms with Crippen molar-refractivity contribution in [3.63, 3.8) is 0 Å². The molecule has 1 aliphatic rings. The van der Waals surface area contributed by atoms with E-state index in [0.717, 1.165) is 12.8 Å². The highest BCUT2D eigenvalue weighted by Gasteiger charge is 2.35. The van der Waals surface area contributed by atoms with Crippen LogP contribution in [0.15, 0.2) is 24.3 Å². The molecule has 0 heterocycles. The maximum absolute atomic E-state index is 12.6. The van der Waals surface area contributed by atoms with Crippen molar-refractivity contribution in [2.45, 2.75) is 65.1 Å². The molecule has 0 bridgehead atoms. The highest BCUT2D eigenvalue weighted by Crippen LogP contribution is 2.30. The minimum Gasteiger partial charge on any atom is -0.335 e. The molecule has 0 saturated heterocycles. The highest BCUT2D eigenvalue weighted by atomic mass is 16.2. The second-order valence-electron chi connectivity index (χ2n) is 6.74. The van der Waals surface area contributed by atoms with Gasteiger partial charge in [0.1, 0.15) is 0 Å². The number of nitrogens with two attached hydrogens (primary N) is 1. The fourth-order valence-corrected chi connectivity index (χ4v) is 2.46. The molecule has 1 aromatic rings. The van der Waals surface area contributed by atoms with Crippen LogP contribution in [0.1, 0.15) is 57.6 Å². The quantitative estimate of drug-likeness (QED) is 0.873. The zero-order valence-electron chi connectivity index (χ0n) is 13.7. The summed E-state index contributed by atoms with van der Waals surface area (Å²) in [5.41, 5.74) is 8.44. The van der Waals surface area contributed by atoms with E-state index in [1.807, 2.05) is 18.7 Å². The van der Waals surface area contributed by atoms with Gasteiger partial charge >= 0.3 is 0 Å². The van der Waals surface area contributed by atoms with Crippen LogP contribution in [0.2, 0.25) is 0 Å². The maximum Gasteiger partial charge on any atom is 0.227 e. The topological polar surface area (TPSA) is 46.3 Å². The van der Waals surface area contributed by atoms with Crippen LogP contribution in [-0.2, 0) is 11.3 Å². The summed E-state index contributed by atoms with van der Waals surface area (Å²) >= 11 is 0. The van der Waals surface area contributed by atoms with E-state index in [9.17, 15) is 4.79 Å². The van der Waals surface area contributed by atoms with Crippen molar-refractivity contribution in [3.05, 3.63) is 35.4 Å². The van der Waals surface area contributed by atoms with Gasteiger partial charge in [-0.15, -0.1) is 0 Å². The van der Waals surface area contributed by atoms with Crippen molar-refractivity contribution in [2.24, 2.45) is 11.7 Å². The maximum atomic E-state index is 12.6. The monoisotopic (exact) mass is 288 g/mol. The Bertz CT molecular complexity index is 474. The summed E-state index contributed by atoms with van der Waals surface area (Å²) in [7, 11) is 0. The van der Waals surface area contributed by atoms with E-state index in [-0.39, 0.29) is 17.9 Å². The van der Waals surface area contributed by atoms with Crippen molar-refractivity contribution in [1.82, 2.24) is 4.90 Å². The van der Waals surface area contributed by atoms with E-state index in [2.05, 4.69) is 38.1 Å². The first kappa shape index (κ1) is 16.0. The summed E-state index contributed by atoms with van der Waals surface area (Å²) in [6, 6.07) is 8.96. The molecule has 116 valence electrons. The van der Waals surface area contributed by atoms with Gasteiger partial charge in [-0.2, -0.15) is 0 Å². The molecule has 1 saturated carbocycles. The van der Waals surface area contributed by atoms with Crippen molar-refractivity contribution in [2.75, 3.05) is 0 Å². The molecule has 21 heavy (non-hydrogen) atoms. The fraction of sp³-hybridized carbons (Fsp3) is 0.611. The molecule has 2 rings (SSSR count). The summed E-state index contributed by atoms with van der Waals surface area (Å²) in [6.07, 6.45) is 2.25. The predicted molar refractivity (Wildman–Crippen MR) is 86.9 cm³/mol. The number of nitrogens with zero attached hydrogens (tertiary/aromatic N) is 1. The molecule has 0 aliphatic heterocycles. The lowest BCUT2D eigenvalue weighted by Gasteiger charge is -2.27. The summed E-state index contributed by atoms with van der Waals surface area (Å²) < 4.78 is 0. The molecule has 3 heteroatoms. The second kappa shape index (κ2) is 6.61. The predicted octanol–water partition coefficient (Wildman–Crippen LogP) is 3.28. The van der Waals surface area contributed by atoms with E-state index in [0.29, 0.717) is 18.5 Å². The molecule has 1 aliphatic carbocycles. The molecule has 1 amide bonds. The fourth-order valence-electron chi connectivity index (χ4n) is 2.46. The Kier molecular flexibility index (Phi) is 5.04. The van der Waals surface area contributed by atoms with Crippen LogP contribution in [-0.4, -0.2) is 22.9 Å². The lowest BCUT2D eigenvalue weighted by molar-refractivity contribution is -0.136. The molecule has 3 nitrogen and oxygen atoms in total. The minimum absolute atomic E-state index is 0.0953. The zero-order valence-corrected chi connectivity index (χ0v) is 13.7. The number of carbonyl (C=O) groups excluding carboxylic acids is 1. The first-order valence-corrected chi connectivity index (χ1v) is 8.05. The lowest BCUT2D eigenvalue weighted by atomic mass is 10.0. The average molecular weight is 288 g/mol. The van der Waals surface area contributed by atoms with Gasteiger partial charge in [-0.3, -0.25) is 4.79 Å². The van der Waals surface area contributed by atoms with Gasteiger partial charge in [0.15, 0.2) is 0 Å². The van der Waals surface area contributed by atoms with E-state index in [1.54, 1.807) is 0 Å². The third kappa shape index (κ3) is 4.07. The third-order valence-corrected chi connectivity index (χ3v) is 4.45. The number of benzene rings is 1. The van der Waals surface area contributed by atoms with Crippen molar-refractivity contribution >= 4 is 5.91 Å². The number of carbonyl (C=O) groups is 1. The SMILES string of the molecule is CC(C)c1ccc(CN(C(=O)C(C)C(C)N)C2CC2)cc1. The first-order chi connectivity index (χ1) is 9.90. The number of rotatable bonds is 6. The van der Waals surface area contributed by atoms with E-state index in [1.165, 1.54) is 11.1 Å². The van der Waals surface area contributed by atoms with Gasteiger partial charge in [0, 0.05) is 18.6 Å². The Morgan fingerprint density at radius 3 is 2.19 bits per heavy atom. The molecule has 1 fully saturated rings. The van der Waals surface area contributed by atoms with Crippen LogP contribution in [0.4, 0.5) is 0 Å². The number of amides is 1. The van der Waals surface area contributed by atoms with E-state index >= 15 is 0 Å². The number of hydrogen-bond donors (Lipinski definition) is 1. The Morgan fingerprint density at radius 1 is 1.19 bits per heavy atom. The van der Waals surface area contributed by atoms with Crippen molar-refractivity contribution in [1.29, 1.82) is 0 Å². The minimum atomic E-state index is -0.111. The van der Waals surface area contributed by atoms with Gasteiger partial charge < -0.3 is 10.6 Å². The van der Waals surface area contributed by atoms with E-state index < -0.39 is 0 Å². The Morgan fingerprint density at radius 2 is 1.76 bits per heavy atom. The van der Waals surface area contributed by atoms with Gasteiger partial charge in [-0.1, -0.05) is 45.0 Å². The van der Waals surface area contributed by atoms with Gasteiger partial charge in [0.05, 0.1) is 5.92 Å². The van der Waals surface area contributed by atoms with Crippen LogP contribution in [0.5, 0.6) is 0 Å². The highest BCUT2D eigenvalue weighted by molar-refractivity contribution is 5.79. The van der Waals surface area contributed by atoms with Crippen LogP contribution in [0.3, 0.4) is 0 Å². The second-order valence-corrected chi connectivity index (χ2v) is 6.74. The van der Waals surface area contributed by atoms with Crippen LogP contribution >= 0.6 is 0 Å². The molecule has 2 N–H and O–H groups in total. The summed E-state index contributed by atoms with van der Waals surface area (Å²) in [4.78, 5) is 14.6. The molecular formula is C18H28N2O. The van der Waals surface area contributed by atoms with Crippen molar-refractivity contribution < 1.29 is 4.79 Å². The average Bonchev–Trinajstić information content (AvgIpc) is 3.28. The van der Waals surface area contributed by atoms with Gasteiger partial charge in [-0.05, 0) is 36.8 Å². The smallest absolute Gasteiger partial charge is 0.227 e. The molecule has 0 spiro atoms.